The number of carbonyl (C=O) groups is 1. The maximum absolute atomic E-state index is 13.5. The Morgan fingerprint density at radius 1 is 1.14 bits per heavy atom. The highest BCUT2D eigenvalue weighted by Crippen LogP contribution is 2.30. The molecule has 0 bridgehead atoms. The van der Waals surface area contributed by atoms with Gasteiger partial charge in [-0.3, -0.25) is 10.2 Å². The van der Waals surface area contributed by atoms with Gasteiger partial charge in [0.1, 0.15) is 12.4 Å². The van der Waals surface area contributed by atoms with Gasteiger partial charge in [0.25, 0.3) is 5.91 Å². The summed E-state index contributed by atoms with van der Waals surface area (Å²) in [5.74, 6) is 0.855. The summed E-state index contributed by atoms with van der Waals surface area (Å²) < 4.78 is 12.5. The summed E-state index contributed by atoms with van der Waals surface area (Å²) in [7, 11) is 0. The second-order valence-corrected chi connectivity index (χ2v) is 9.91. The average molecular weight is 546 g/mol. The number of amides is 1. The van der Waals surface area contributed by atoms with Crippen LogP contribution in [0, 0.1) is 0 Å². The Balaban J connectivity index is 1.51. The summed E-state index contributed by atoms with van der Waals surface area (Å²) in [6.07, 6.45) is 3.73. The van der Waals surface area contributed by atoms with Crippen molar-refractivity contribution >= 4 is 27.7 Å². The van der Waals surface area contributed by atoms with E-state index in [2.05, 4.69) is 26.8 Å². The van der Waals surface area contributed by atoms with Crippen molar-refractivity contribution in [3.05, 3.63) is 64.1 Å². The third-order valence-corrected chi connectivity index (χ3v) is 7.16. The van der Waals surface area contributed by atoms with E-state index in [-0.39, 0.29) is 31.3 Å². The number of halogens is 1. The standard InChI is InChI=1S/C26H32BrN3O5/c27-23-5-2-1-4-19(23)16-26(25(33)30-29-20-8-10-21(32)11-9-20)17-35-24(28-26)18-6-12-22(13-7-18)34-15-3-14-31/h1-2,4-7,12-13,20-21,29,31-32H,3,8-11,14-17H2,(H,30,33)/t20?,21?,26-/m0/s1. The third-order valence-electron chi connectivity index (χ3n) is 6.39. The molecular formula is C26H32BrN3O5. The number of nitrogens with zero attached hydrogens (tertiary/aromatic N) is 1. The van der Waals surface area contributed by atoms with Crippen LogP contribution in [0.15, 0.2) is 58.0 Å². The van der Waals surface area contributed by atoms with Crippen LogP contribution in [0.1, 0.15) is 43.2 Å². The molecule has 4 rings (SSSR count). The quantitative estimate of drug-likeness (QED) is 0.270. The van der Waals surface area contributed by atoms with Crippen molar-refractivity contribution in [1.29, 1.82) is 0 Å². The second-order valence-electron chi connectivity index (χ2n) is 9.06. The summed E-state index contributed by atoms with van der Waals surface area (Å²) in [4.78, 5) is 18.3. The minimum Gasteiger partial charge on any atom is -0.494 e. The number of aliphatic imine (C=N–C) groups is 1. The maximum Gasteiger partial charge on any atom is 0.266 e. The van der Waals surface area contributed by atoms with Crippen molar-refractivity contribution in [2.75, 3.05) is 19.8 Å². The summed E-state index contributed by atoms with van der Waals surface area (Å²) in [5, 5.41) is 18.7. The van der Waals surface area contributed by atoms with Crippen molar-refractivity contribution in [3.63, 3.8) is 0 Å². The van der Waals surface area contributed by atoms with E-state index in [1.54, 1.807) is 0 Å². The molecule has 188 valence electrons. The summed E-state index contributed by atoms with van der Waals surface area (Å²) in [5.41, 5.74) is 6.63. The lowest BCUT2D eigenvalue weighted by atomic mass is 9.91. The minimum atomic E-state index is -1.13. The molecule has 1 fully saturated rings. The van der Waals surface area contributed by atoms with Crippen molar-refractivity contribution in [3.8, 4) is 5.75 Å². The summed E-state index contributed by atoms with van der Waals surface area (Å²) in [6, 6.07) is 15.3. The molecule has 1 heterocycles. The number of hydrogen-bond donors (Lipinski definition) is 4. The first kappa shape index (κ1) is 25.6. The largest absolute Gasteiger partial charge is 0.494 e. The highest BCUT2D eigenvalue weighted by atomic mass is 79.9. The van der Waals surface area contributed by atoms with Gasteiger partial charge < -0.3 is 19.7 Å². The average Bonchev–Trinajstić information content (AvgIpc) is 3.31. The number of ether oxygens (including phenoxy) is 2. The highest BCUT2D eigenvalue weighted by Gasteiger charge is 2.45. The number of aliphatic hydroxyl groups excluding tert-OH is 2. The van der Waals surface area contributed by atoms with Crippen molar-refractivity contribution in [2.45, 2.75) is 56.2 Å². The Morgan fingerprint density at radius 3 is 2.60 bits per heavy atom. The van der Waals surface area contributed by atoms with Crippen LogP contribution in [0.2, 0.25) is 0 Å². The van der Waals surface area contributed by atoms with Gasteiger partial charge in [-0.25, -0.2) is 10.4 Å². The monoisotopic (exact) mass is 545 g/mol. The predicted molar refractivity (Wildman–Crippen MR) is 136 cm³/mol. The lowest BCUT2D eigenvalue weighted by molar-refractivity contribution is -0.128. The molecule has 0 radical (unpaired) electrons. The molecule has 2 aliphatic rings. The van der Waals surface area contributed by atoms with E-state index < -0.39 is 5.54 Å². The SMILES string of the molecule is O=C(NNC1CCC(O)CC1)[C@]1(Cc2ccccc2Br)COC(c2ccc(OCCCO)cc2)=N1. The van der Waals surface area contributed by atoms with Crippen LogP contribution in [-0.2, 0) is 16.0 Å². The molecule has 0 aromatic heterocycles. The number of aliphatic hydroxyl groups is 2. The zero-order valence-corrected chi connectivity index (χ0v) is 21.2. The van der Waals surface area contributed by atoms with E-state index in [1.165, 1.54) is 0 Å². The number of hydrogen-bond acceptors (Lipinski definition) is 7. The van der Waals surface area contributed by atoms with E-state index in [0.717, 1.165) is 41.3 Å². The molecule has 0 unspecified atom stereocenters. The van der Waals surface area contributed by atoms with E-state index in [0.29, 0.717) is 31.1 Å². The number of nitrogens with one attached hydrogen (secondary N) is 2. The fraction of sp³-hybridized carbons (Fsp3) is 0.462. The zero-order valence-electron chi connectivity index (χ0n) is 19.6. The molecule has 9 heteroatoms. The Morgan fingerprint density at radius 2 is 1.89 bits per heavy atom. The summed E-state index contributed by atoms with van der Waals surface area (Å²) >= 11 is 3.59. The molecule has 2 aromatic rings. The molecule has 8 nitrogen and oxygen atoms in total. The van der Waals surface area contributed by atoms with Gasteiger partial charge in [-0.2, -0.15) is 0 Å². The fourth-order valence-corrected chi connectivity index (χ4v) is 4.72. The Bertz CT molecular complexity index is 1020. The van der Waals surface area contributed by atoms with Crippen molar-refractivity contribution in [1.82, 2.24) is 10.9 Å². The van der Waals surface area contributed by atoms with Gasteiger partial charge in [0.05, 0.1) is 12.7 Å². The van der Waals surface area contributed by atoms with Crippen LogP contribution in [0.4, 0.5) is 0 Å². The van der Waals surface area contributed by atoms with Gasteiger partial charge in [-0.1, -0.05) is 34.1 Å². The molecule has 1 amide bonds. The Hall–Kier alpha value is -2.46. The molecule has 1 atom stereocenters. The molecule has 35 heavy (non-hydrogen) atoms. The van der Waals surface area contributed by atoms with Gasteiger partial charge >= 0.3 is 0 Å². The fourth-order valence-electron chi connectivity index (χ4n) is 4.29. The smallest absolute Gasteiger partial charge is 0.266 e. The Labute approximate surface area is 213 Å². The van der Waals surface area contributed by atoms with Crippen LogP contribution in [0.3, 0.4) is 0 Å². The third kappa shape index (κ3) is 6.61. The number of rotatable bonds is 10. The van der Waals surface area contributed by atoms with Gasteiger partial charge in [0, 0.05) is 35.5 Å². The number of carbonyl (C=O) groups excluding carboxylic acids is 1. The van der Waals surface area contributed by atoms with Gasteiger partial charge in [0.2, 0.25) is 5.90 Å². The van der Waals surface area contributed by atoms with Gasteiger partial charge in [0.15, 0.2) is 5.54 Å². The van der Waals surface area contributed by atoms with E-state index in [9.17, 15) is 9.90 Å². The highest BCUT2D eigenvalue weighted by molar-refractivity contribution is 9.10. The molecule has 1 saturated carbocycles. The molecule has 1 aliphatic carbocycles. The van der Waals surface area contributed by atoms with E-state index >= 15 is 0 Å². The van der Waals surface area contributed by atoms with Gasteiger partial charge in [-0.05, 0) is 61.6 Å². The molecule has 0 spiro atoms. The number of hydrazine groups is 1. The van der Waals surface area contributed by atoms with Crippen LogP contribution in [-0.4, -0.2) is 59.5 Å². The lowest BCUT2D eigenvalue weighted by Crippen LogP contribution is -2.55. The summed E-state index contributed by atoms with van der Waals surface area (Å²) in [6.45, 7) is 0.646. The first-order valence-corrected chi connectivity index (χ1v) is 12.8. The molecule has 4 N–H and O–H groups in total. The normalized spacial score (nSPS) is 23.9. The van der Waals surface area contributed by atoms with E-state index in [1.807, 2.05) is 48.5 Å². The van der Waals surface area contributed by atoms with Crippen LogP contribution < -0.4 is 15.6 Å². The zero-order chi connectivity index (χ0) is 24.7. The first-order valence-electron chi connectivity index (χ1n) is 12.0. The predicted octanol–water partition coefficient (Wildman–Crippen LogP) is 2.89. The minimum absolute atomic E-state index is 0.0853. The first-order chi connectivity index (χ1) is 17.0. The van der Waals surface area contributed by atoms with Gasteiger partial charge in [-0.15, -0.1) is 0 Å². The lowest BCUT2D eigenvalue weighted by Gasteiger charge is -2.29. The Kier molecular flexibility index (Phi) is 8.78. The van der Waals surface area contributed by atoms with Crippen LogP contribution >= 0.6 is 15.9 Å². The maximum atomic E-state index is 13.5. The molecular weight excluding hydrogens is 514 g/mol. The van der Waals surface area contributed by atoms with Crippen molar-refractivity contribution in [2.24, 2.45) is 4.99 Å². The second kappa shape index (κ2) is 12.0. The molecule has 2 aromatic carbocycles. The number of benzene rings is 2. The van der Waals surface area contributed by atoms with Crippen molar-refractivity contribution < 1.29 is 24.5 Å². The van der Waals surface area contributed by atoms with E-state index in [4.69, 9.17) is 19.6 Å². The van der Waals surface area contributed by atoms with Crippen LogP contribution in [0.5, 0.6) is 5.75 Å². The van der Waals surface area contributed by atoms with Crippen LogP contribution in [0.25, 0.3) is 0 Å². The topological polar surface area (TPSA) is 112 Å². The molecule has 1 aliphatic heterocycles. The molecule has 0 saturated heterocycles.